The van der Waals surface area contributed by atoms with Crippen molar-refractivity contribution in [1.29, 1.82) is 0 Å². The molecule has 1 aromatic heterocycles. The molecule has 4 nitrogen and oxygen atoms in total. The molecule has 0 saturated heterocycles. The van der Waals surface area contributed by atoms with Crippen LogP contribution in [-0.4, -0.2) is 9.97 Å². The van der Waals surface area contributed by atoms with Crippen LogP contribution in [0, 0.1) is 11.6 Å². The van der Waals surface area contributed by atoms with Crippen LogP contribution >= 0.6 is 11.6 Å². The van der Waals surface area contributed by atoms with E-state index in [2.05, 4.69) is 15.3 Å². The van der Waals surface area contributed by atoms with Crippen LogP contribution < -0.4 is 11.1 Å². The van der Waals surface area contributed by atoms with Gasteiger partial charge in [0.05, 0.1) is 11.9 Å². The van der Waals surface area contributed by atoms with Crippen LogP contribution in [-0.2, 0) is 6.54 Å². The Bertz CT molecular complexity index is 577. The monoisotopic (exact) mass is 270 g/mol. The fourth-order valence-corrected chi connectivity index (χ4v) is 1.48. The number of aromatic nitrogens is 2. The van der Waals surface area contributed by atoms with Gasteiger partial charge in [-0.1, -0.05) is 6.07 Å². The molecule has 0 atom stereocenters. The van der Waals surface area contributed by atoms with E-state index in [1.54, 1.807) is 0 Å². The number of anilines is 2. The molecule has 2 rings (SSSR count). The van der Waals surface area contributed by atoms with E-state index in [9.17, 15) is 8.78 Å². The third-order valence-electron chi connectivity index (χ3n) is 2.23. The van der Waals surface area contributed by atoms with Crippen LogP contribution in [0.2, 0.25) is 5.28 Å². The third kappa shape index (κ3) is 2.84. The van der Waals surface area contributed by atoms with Crippen LogP contribution in [0.15, 0.2) is 24.4 Å². The molecule has 0 radical (unpaired) electrons. The summed E-state index contributed by atoms with van der Waals surface area (Å²) in [7, 11) is 0. The molecule has 0 amide bonds. The van der Waals surface area contributed by atoms with E-state index in [1.807, 2.05) is 0 Å². The minimum Gasteiger partial charge on any atom is -0.394 e. The summed E-state index contributed by atoms with van der Waals surface area (Å²) in [6.45, 7) is 0.245. The summed E-state index contributed by atoms with van der Waals surface area (Å²) in [5, 5.41) is 2.92. The smallest absolute Gasteiger partial charge is 0.224 e. The quantitative estimate of drug-likeness (QED) is 0.842. The Hall–Kier alpha value is -1.95. The van der Waals surface area contributed by atoms with Crippen LogP contribution in [0.4, 0.5) is 20.3 Å². The first-order valence-electron chi connectivity index (χ1n) is 5.02. The van der Waals surface area contributed by atoms with Gasteiger partial charge in [0.15, 0.2) is 17.5 Å². The molecule has 1 heterocycles. The number of hydrogen-bond donors (Lipinski definition) is 2. The lowest BCUT2D eigenvalue weighted by Crippen LogP contribution is -2.06. The summed E-state index contributed by atoms with van der Waals surface area (Å²) in [4.78, 5) is 7.58. The standard InChI is InChI=1S/C11H9ClF2N4/c12-11-17-5-9(15)10(18-11)16-4-6-1-2-7(13)8(14)3-6/h1-3,5H,4,15H2,(H,16,17,18). The van der Waals surface area contributed by atoms with Crippen molar-refractivity contribution in [2.75, 3.05) is 11.1 Å². The number of nitrogen functional groups attached to an aromatic ring is 1. The van der Waals surface area contributed by atoms with E-state index in [1.165, 1.54) is 12.3 Å². The largest absolute Gasteiger partial charge is 0.394 e. The highest BCUT2D eigenvalue weighted by Crippen LogP contribution is 2.17. The van der Waals surface area contributed by atoms with Gasteiger partial charge in [0.1, 0.15) is 0 Å². The van der Waals surface area contributed by atoms with Gasteiger partial charge >= 0.3 is 0 Å². The number of nitrogens with two attached hydrogens (primary N) is 1. The second-order valence-corrected chi connectivity index (χ2v) is 3.88. The topological polar surface area (TPSA) is 63.8 Å². The van der Waals surface area contributed by atoms with E-state index in [-0.39, 0.29) is 11.8 Å². The molecular weight excluding hydrogens is 262 g/mol. The fourth-order valence-electron chi connectivity index (χ4n) is 1.35. The van der Waals surface area contributed by atoms with Crippen LogP contribution in [0.5, 0.6) is 0 Å². The van der Waals surface area contributed by atoms with Crippen molar-refractivity contribution in [3.63, 3.8) is 0 Å². The zero-order valence-corrected chi connectivity index (χ0v) is 9.88. The maximum atomic E-state index is 13.0. The normalized spacial score (nSPS) is 10.4. The lowest BCUT2D eigenvalue weighted by molar-refractivity contribution is 0.507. The second-order valence-electron chi connectivity index (χ2n) is 3.54. The van der Waals surface area contributed by atoms with E-state index in [4.69, 9.17) is 17.3 Å². The van der Waals surface area contributed by atoms with Gasteiger partial charge in [-0.25, -0.2) is 13.8 Å². The summed E-state index contributed by atoms with van der Waals surface area (Å²) in [6, 6.07) is 3.62. The molecule has 0 fully saturated rings. The molecule has 0 aliphatic heterocycles. The summed E-state index contributed by atoms with van der Waals surface area (Å²) >= 11 is 5.62. The number of hydrogen-bond acceptors (Lipinski definition) is 4. The maximum absolute atomic E-state index is 13.0. The summed E-state index contributed by atoms with van der Waals surface area (Å²) in [6.07, 6.45) is 1.36. The SMILES string of the molecule is Nc1cnc(Cl)nc1NCc1ccc(F)c(F)c1. The minimum absolute atomic E-state index is 0.0528. The first-order valence-corrected chi connectivity index (χ1v) is 5.40. The molecule has 18 heavy (non-hydrogen) atoms. The highest BCUT2D eigenvalue weighted by molar-refractivity contribution is 6.28. The molecule has 94 valence electrons. The predicted molar refractivity (Wildman–Crippen MR) is 65.1 cm³/mol. The summed E-state index contributed by atoms with van der Waals surface area (Å²) < 4.78 is 25.7. The van der Waals surface area contributed by atoms with Gasteiger partial charge in [0.2, 0.25) is 5.28 Å². The fraction of sp³-hybridized carbons (Fsp3) is 0.0909. The molecule has 0 bridgehead atoms. The Morgan fingerprint density at radius 3 is 2.78 bits per heavy atom. The zero-order valence-electron chi connectivity index (χ0n) is 9.12. The van der Waals surface area contributed by atoms with Crippen LogP contribution in [0.3, 0.4) is 0 Å². The number of benzene rings is 1. The molecule has 0 aliphatic rings. The maximum Gasteiger partial charge on any atom is 0.224 e. The average Bonchev–Trinajstić information content (AvgIpc) is 2.34. The van der Waals surface area contributed by atoms with Gasteiger partial charge in [-0.2, -0.15) is 4.98 Å². The Labute approximate surface area is 107 Å². The van der Waals surface area contributed by atoms with Crippen LogP contribution in [0.25, 0.3) is 0 Å². The minimum atomic E-state index is -0.900. The molecule has 7 heteroatoms. The van der Waals surface area contributed by atoms with Crippen molar-refractivity contribution < 1.29 is 8.78 Å². The molecule has 1 aromatic carbocycles. The van der Waals surface area contributed by atoms with E-state index in [0.717, 1.165) is 12.1 Å². The number of halogens is 3. The molecule has 3 N–H and O–H groups in total. The second kappa shape index (κ2) is 5.14. The van der Waals surface area contributed by atoms with Crippen molar-refractivity contribution in [2.45, 2.75) is 6.54 Å². The lowest BCUT2D eigenvalue weighted by Gasteiger charge is -2.08. The Morgan fingerprint density at radius 2 is 2.06 bits per heavy atom. The first kappa shape index (κ1) is 12.5. The number of nitrogens with zero attached hydrogens (tertiary/aromatic N) is 2. The Kier molecular flexibility index (Phi) is 3.57. The zero-order chi connectivity index (χ0) is 13.1. The third-order valence-corrected chi connectivity index (χ3v) is 2.41. The van der Waals surface area contributed by atoms with Gasteiger partial charge in [-0.05, 0) is 29.3 Å². The van der Waals surface area contributed by atoms with Gasteiger partial charge in [0, 0.05) is 6.54 Å². The van der Waals surface area contributed by atoms with Crippen molar-refractivity contribution in [3.8, 4) is 0 Å². The van der Waals surface area contributed by atoms with Crippen molar-refractivity contribution in [1.82, 2.24) is 9.97 Å². The highest BCUT2D eigenvalue weighted by Gasteiger charge is 2.05. The van der Waals surface area contributed by atoms with Crippen LogP contribution in [0.1, 0.15) is 5.56 Å². The predicted octanol–water partition coefficient (Wildman–Crippen LogP) is 2.60. The summed E-state index contributed by atoms with van der Waals surface area (Å²) in [5.74, 6) is -1.44. The number of nitrogens with one attached hydrogen (secondary N) is 1. The van der Waals surface area contributed by atoms with Crippen molar-refractivity contribution in [2.24, 2.45) is 0 Å². The lowest BCUT2D eigenvalue weighted by atomic mass is 10.2. The van der Waals surface area contributed by atoms with E-state index < -0.39 is 11.6 Å². The van der Waals surface area contributed by atoms with Gasteiger partial charge in [-0.15, -0.1) is 0 Å². The Morgan fingerprint density at radius 1 is 1.28 bits per heavy atom. The molecule has 0 unspecified atom stereocenters. The Balaban J connectivity index is 2.11. The summed E-state index contributed by atoms with van der Waals surface area (Å²) in [5.41, 5.74) is 6.51. The average molecular weight is 271 g/mol. The van der Waals surface area contributed by atoms with Crippen molar-refractivity contribution in [3.05, 3.63) is 46.9 Å². The highest BCUT2D eigenvalue weighted by atomic mass is 35.5. The molecule has 0 aliphatic carbocycles. The molecule has 0 spiro atoms. The van der Waals surface area contributed by atoms with Gasteiger partial charge in [-0.3, -0.25) is 0 Å². The van der Waals surface area contributed by atoms with Gasteiger partial charge in [0.25, 0.3) is 0 Å². The molecular formula is C11H9ClF2N4. The number of rotatable bonds is 3. The van der Waals surface area contributed by atoms with E-state index >= 15 is 0 Å². The van der Waals surface area contributed by atoms with Crippen molar-refractivity contribution >= 4 is 23.1 Å². The molecule has 0 saturated carbocycles. The first-order chi connectivity index (χ1) is 8.56. The van der Waals surface area contributed by atoms with E-state index in [0.29, 0.717) is 17.1 Å². The van der Waals surface area contributed by atoms with Gasteiger partial charge < -0.3 is 11.1 Å². The molecule has 2 aromatic rings.